The zero-order chi connectivity index (χ0) is 32.9. The number of hydrogen-bond donors (Lipinski definition) is 8. The van der Waals surface area contributed by atoms with Crippen molar-refractivity contribution >= 4 is 11.6 Å². The Morgan fingerprint density at radius 3 is 1.84 bits per heavy atom. The van der Waals surface area contributed by atoms with Gasteiger partial charge in [0.2, 0.25) is 0 Å². The summed E-state index contributed by atoms with van der Waals surface area (Å²) in [5.41, 5.74) is 2.91. The topological polar surface area (TPSA) is 189 Å². The van der Waals surface area contributed by atoms with E-state index in [0.29, 0.717) is 35.5 Å². The molecule has 3 rings (SSSR count). The van der Waals surface area contributed by atoms with E-state index >= 15 is 0 Å². The number of nitrogens with zero attached hydrogens (tertiary/aromatic N) is 3. The number of rotatable bonds is 12. The Balaban J connectivity index is 1.75. The number of nitroso groups, excluding NO2 is 1. The van der Waals surface area contributed by atoms with Crippen LogP contribution in [0.15, 0.2) is 24.3 Å². The first-order valence-electron chi connectivity index (χ1n) is 15.6. The molecule has 0 atom stereocenters. The van der Waals surface area contributed by atoms with Crippen LogP contribution < -0.4 is 10.6 Å². The minimum Gasteiger partial charge on any atom is -0.507 e. The van der Waals surface area contributed by atoms with Crippen molar-refractivity contribution in [3.05, 3.63) is 57.0 Å². The lowest BCUT2D eigenvalue weighted by atomic mass is 10.0. The minimum atomic E-state index is -1.07. The lowest BCUT2D eigenvalue weighted by molar-refractivity contribution is -0.514. The average Bonchev–Trinajstić information content (AvgIpc) is 3.01. The molecule has 2 aromatic rings. The number of aliphatic hydroxyl groups excluding tert-OH is 4. The molecular weight excluding hydrogens is 582 g/mol. The van der Waals surface area contributed by atoms with Crippen LogP contribution in [0.2, 0.25) is 0 Å². The van der Waals surface area contributed by atoms with E-state index in [9.17, 15) is 40.3 Å². The molecule has 8 N–H and O–H groups in total. The highest BCUT2D eigenvalue weighted by molar-refractivity contribution is 5.97. The number of phenols is 2. The first-order valence-corrected chi connectivity index (χ1v) is 15.6. The van der Waals surface area contributed by atoms with Gasteiger partial charge in [0.15, 0.2) is 5.75 Å². The molecule has 0 saturated carbocycles. The molecule has 1 aliphatic heterocycles. The minimum absolute atomic E-state index is 0.0227. The zero-order valence-electron chi connectivity index (χ0n) is 26.4. The number of phenolic OH excluding ortho intramolecular Hbond substituents is 2. The van der Waals surface area contributed by atoms with Crippen molar-refractivity contribution in [1.29, 1.82) is 0 Å². The van der Waals surface area contributed by atoms with Crippen LogP contribution in [0.5, 0.6) is 11.5 Å². The summed E-state index contributed by atoms with van der Waals surface area (Å²) in [6.45, 7) is 7.23. The molecule has 0 spiro atoms. The Bertz CT molecular complexity index is 1270. The highest BCUT2D eigenvalue weighted by atomic mass is 16.3. The maximum atomic E-state index is 12.8. The smallest absolute Gasteiger partial charge is 0.298 e. The van der Waals surface area contributed by atoms with E-state index in [2.05, 4.69) is 20.4 Å². The Hall–Kier alpha value is -3.17. The Morgan fingerprint density at radius 2 is 1.31 bits per heavy atom. The number of amides is 1. The summed E-state index contributed by atoms with van der Waals surface area (Å²) in [6.07, 6.45) is 2.61. The third kappa shape index (κ3) is 10.4. The largest absolute Gasteiger partial charge is 0.507 e. The number of aryl methyl sites for hydroxylation is 2. The van der Waals surface area contributed by atoms with Crippen LogP contribution in [0.4, 0.5) is 5.69 Å². The van der Waals surface area contributed by atoms with Crippen LogP contribution >= 0.6 is 0 Å². The van der Waals surface area contributed by atoms with Crippen molar-refractivity contribution in [3.63, 3.8) is 0 Å². The first-order chi connectivity index (χ1) is 21.6. The molecule has 2 aromatic carbocycles. The quantitative estimate of drug-likeness (QED) is 0.153. The van der Waals surface area contributed by atoms with Gasteiger partial charge in [-0.2, -0.15) is 0 Å². The molecule has 0 unspecified atom stereocenters. The first kappa shape index (κ1) is 36.3. The molecule has 0 bridgehead atoms. The molecule has 1 fully saturated rings. The van der Waals surface area contributed by atoms with Crippen molar-refractivity contribution in [2.45, 2.75) is 58.3 Å². The SMILES string of the molecule is Cc1cc(CN2CCCNCCCN(Cc3cc(C)cc([N+](=O)C(CO)CO)c3O)CCC2)c(O)c(C(=O)NC(CO)CO)c1. The second-order valence-corrected chi connectivity index (χ2v) is 11.9. The van der Waals surface area contributed by atoms with E-state index in [1.807, 2.05) is 26.0 Å². The number of benzene rings is 2. The van der Waals surface area contributed by atoms with E-state index in [-0.39, 0.29) is 22.7 Å². The highest BCUT2D eigenvalue weighted by Gasteiger charge is 2.31. The molecule has 1 aliphatic rings. The molecule has 45 heavy (non-hydrogen) atoms. The van der Waals surface area contributed by atoms with Crippen LogP contribution in [0, 0.1) is 18.8 Å². The molecule has 0 aromatic heterocycles. The van der Waals surface area contributed by atoms with Crippen molar-refractivity contribution < 1.29 is 40.2 Å². The summed E-state index contributed by atoms with van der Waals surface area (Å²) < 4.78 is 0.470. The fourth-order valence-electron chi connectivity index (χ4n) is 5.60. The van der Waals surface area contributed by atoms with Gasteiger partial charge in [0.05, 0.1) is 24.8 Å². The normalized spacial score (nSPS) is 16.0. The van der Waals surface area contributed by atoms with Crippen molar-refractivity contribution in [2.75, 3.05) is 65.7 Å². The standard InChI is InChI=1S/C32H49N5O8/c1-22-12-24(30(42)28(14-22)32(44)34-26(18-38)19-39)16-35-8-3-6-33-7-4-9-36(11-5-10-35)17-25-13-23(2)15-29(31(25)43)37(45)27(20-40)21-41/h12-15,26-27,33,38-41H,3-11,16-21H2,1-2H3,(H2-,34,42,43,44,45)/p+1. The van der Waals surface area contributed by atoms with Gasteiger partial charge < -0.3 is 41.3 Å². The highest BCUT2D eigenvalue weighted by Crippen LogP contribution is 2.33. The summed E-state index contributed by atoms with van der Waals surface area (Å²) in [7, 11) is 0. The molecule has 1 heterocycles. The van der Waals surface area contributed by atoms with Gasteiger partial charge >= 0.3 is 0 Å². The number of nitrogens with one attached hydrogen (secondary N) is 2. The summed E-state index contributed by atoms with van der Waals surface area (Å²) in [4.78, 5) is 30.1. The van der Waals surface area contributed by atoms with Crippen molar-refractivity contribution in [2.24, 2.45) is 0 Å². The Labute approximate surface area is 264 Å². The van der Waals surface area contributed by atoms with E-state index in [4.69, 9.17) is 0 Å². The molecule has 1 amide bonds. The molecule has 1 saturated heterocycles. The second-order valence-electron chi connectivity index (χ2n) is 11.9. The van der Waals surface area contributed by atoms with Gasteiger partial charge in [-0.15, -0.1) is 0 Å². The third-order valence-electron chi connectivity index (χ3n) is 8.05. The van der Waals surface area contributed by atoms with Crippen LogP contribution in [0.3, 0.4) is 0 Å². The van der Waals surface area contributed by atoms with Crippen molar-refractivity contribution in [1.82, 2.24) is 20.4 Å². The van der Waals surface area contributed by atoms with E-state index in [1.54, 1.807) is 12.1 Å². The molecule has 250 valence electrons. The van der Waals surface area contributed by atoms with Gasteiger partial charge in [-0.1, -0.05) is 12.1 Å². The van der Waals surface area contributed by atoms with Crippen LogP contribution in [0.25, 0.3) is 0 Å². The summed E-state index contributed by atoms with van der Waals surface area (Å²) in [5, 5.41) is 65.8. The van der Waals surface area contributed by atoms with Gasteiger partial charge in [0.1, 0.15) is 19.0 Å². The Morgan fingerprint density at radius 1 is 0.800 bits per heavy atom. The predicted molar refractivity (Wildman–Crippen MR) is 170 cm³/mol. The number of aromatic hydroxyl groups is 2. The van der Waals surface area contributed by atoms with Crippen LogP contribution in [-0.4, -0.2) is 129 Å². The van der Waals surface area contributed by atoms with Crippen LogP contribution in [0.1, 0.15) is 51.9 Å². The fraction of sp³-hybridized carbons (Fsp3) is 0.594. The number of carbonyl (C=O) groups excluding carboxylic acids is 1. The summed E-state index contributed by atoms with van der Waals surface area (Å²) in [5.74, 6) is -0.848. The Kier molecular flexibility index (Phi) is 14.6. The maximum Gasteiger partial charge on any atom is 0.298 e. The third-order valence-corrected chi connectivity index (χ3v) is 8.05. The number of carbonyl (C=O) groups is 1. The van der Waals surface area contributed by atoms with Gasteiger partial charge in [-0.3, -0.25) is 14.6 Å². The summed E-state index contributed by atoms with van der Waals surface area (Å²) >= 11 is 0. The molecule has 0 aliphatic carbocycles. The lowest BCUT2D eigenvalue weighted by Gasteiger charge is -2.28. The fourth-order valence-corrected chi connectivity index (χ4v) is 5.60. The summed E-state index contributed by atoms with van der Waals surface area (Å²) in [6, 6.07) is 4.95. The number of hydrogen-bond acceptors (Lipinski definition) is 11. The van der Waals surface area contributed by atoms with E-state index < -0.39 is 44.4 Å². The van der Waals surface area contributed by atoms with E-state index in [0.717, 1.165) is 63.1 Å². The maximum absolute atomic E-state index is 12.8. The van der Waals surface area contributed by atoms with E-state index in [1.165, 1.54) is 0 Å². The monoisotopic (exact) mass is 632 g/mol. The molecule has 0 radical (unpaired) electrons. The zero-order valence-corrected chi connectivity index (χ0v) is 26.4. The predicted octanol–water partition coefficient (Wildman–Crippen LogP) is 0.639. The molecule has 13 nitrogen and oxygen atoms in total. The van der Waals surface area contributed by atoms with Gasteiger partial charge in [0.25, 0.3) is 17.6 Å². The van der Waals surface area contributed by atoms with Gasteiger partial charge in [0, 0.05) is 39.9 Å². The molecule has 13 heteroatoms. The van der Waals surface area contributed by atoms with Gasteiger partial charge in [-0.25, -0.2) is 0 Å². The lowest BCUT2D eigenvalue weighted by Crippen LogP contribution is -2.40. The van der Waals surface area contributed by atoms with Crippen molar-refractivity contribution in [3.8, 4) is 11.5 Å². The molecular formula is C32H50N5O8+. The van der Waals surface area contributed by atoms with Crippen LogP contribution in [-0.2, 0) is 13.1 Å². The number of aliphatic hydroxyl groups is 4. The van der Waals surface area contributed by atoms with Gasteiger partial charge in [-0.05, 0) is 89.6 Å². The average molecular weight is 633 g/mol. The second kappa shape index (κ2) is 18.1.